The van der Waals surface area contributed by atoms with E-state index in [9.17, 15) is 4.79 Å². The quantitative estimate of drug-likeness (QED) is 0.947. The van der Waals surface area contributed by atoms with E-state index in [2.05, 4.69) is 39.5 Å². The summed E-state index contributed by atoms with van der Waals surface area (Å²) in [5.74, 6) is 0.469. The molecule has 1 saturated heterocycles. The van der Waals surface area contributed by atoms with Gasteiger partial charge in [-0.25, -0.2) is 4.98 Å². The number of rotatable bonds is 3. The molecular weight excluding hydrogens is 290 g/mol. The number of nitrogens with one attached hydrogen (secondary N) is 1. The number of anilines is 3. The van der Waals surface area contributed by atoms with Crippen LogP contribution < -0.4 is 10.2 Å². The molecule has 2 aliphatic heterocycles. The molecule has 118 valence electrons. The molecule has 5 nitrogen and oxygen atoms in total. The summed E-state index contributed by atoms with van der Waals surface area (Å²) >= 11 is 0. The Morgan fingerprint density at radius 3 is 2.96 bits per heavy atom. The van der Waals surface area contributed by atoms with Crippen LogP contribution in [0.25, 0.3) is 0 Å². The van der Waals surface area contributed by atoms with Gasteiger partial charge in [-0.15, -0.1) is 0 Å². The number of fused-ring (bicyclic) bond motifs is 1. The van der Waals surface area contributed by atoms with Crippen molar-refractivity contribution in [3.63, 3.8) is 0 Å². The second kappa shape index (κ2) is 6.01. The molecule has 2 aliphatic rings. The highest BCUT2D eigenvalue weighted by molar-refractivity contribution is 5.93. The molecule has 1 N–H and O–H groups in total. The molecule has 0 bridgehead atoms. The number of aromatic nitrogens is 1. The second-order valence-electron chi connectivity index (χ2n) is 5.92. The minimum absolute atomic E-state index is 0.103. The molecule has 1 fully saturated rings. The number of pyridine rings is 1. The van der Waals surface area contributed by atoms with Crippen LogP contribution in [0.3, 0.4) is 0 Å². The summed E-state index contributed by atoms with van der Waals surface area (Å²) in [6, 6.07) is 12.3. The van der Waals surface area contributed by atoms with Crippen LogP contribution in [-0.2, 0) is 16.0 Å². The lowest BCUT2D eigenvalue weighted by atomic mass is 10.2. The molecule has 2 aromatic rings. The molecule has 1 unspecified atom stereocenters. The summed E-state index contributed by atoms with van der Waals surface area (Å²) in [5.41, 5.74) is 3.65. The van der Waals surface area contributed by atoms with Gasteiger partial charge in [-0.05, 0) is 43.0 Å². The van der Waals surface area contributed by atoms with Crippen molar-refractivity contribution in [3.8, 4) is 0 Å². The van der Waals surface area contributed by atoms with Crippen LogP contribution in [0.4, 0.5) is 17.2 Å². The molecule has 4 rings (SSSR count). The minimum atomic E-state index is -0.332. The predicted octanol–water partition coefficient (Wildman–Crippen LogP) is 2.89. The van der Waals surface area contributed by atoms with Crippen LogP contribution in [0.15, 0.2) is 42.6 Å². The molecule has 0 aliphatic carbocycles. The Bertz CT molecular complexity index is 708. The van der Waals surface area contributed by atoms with E-state index in [1.165, 1.54) is 11.3 Å². The lowest BCUT2D eigenvalue weighted by molar-refractivity contribution is -0.124. The van der Waals surface area contributed by atoms with Crippen molar-refractivity contribution in [2.24, 2.45) is 0 Å². The van der Waals surface area contributed by atoms with Crippen molar-refractivity contribution in [2.75, 3.05) is 23.4 Å². The number of amides is 1. The van der Waals surface area contributed by atoms with Gasteiger partial charge >= 0.3 is 0 Å². The Hall–Kier alpha value is -2.40. The molecular formula is C18H19N3O2. The first-order valence-electron chi connectivity index (χ1n) is 8.05. The fourth-order valence-corrected chi connectivity index (χ4v) is 3.22. The number of carbonyl (C=O) groups is 1. The first-order valence-corrected chi connectivity index (χ1v) is 8.05. The maximum Gasteiger partial charge on any atom is 0.254 e. The minimum Gasteiger partial charge on any atom is -0.368 e. The fraction of sp³-hybridized carbons (Fsp3) is 0.333. The van der Waals surface area contributed by atoms with Gasteiger partial charge < -0.3 is 15.0 Å². The summed E-state index contributed by atoms with van der Waals surface area (Å²) in [7, 11) is 0. The van der Waals surface area contributed by atoms with Crippen molar-refractivity contribution in [2.45, 2.75) is 25.4 Å². The van der Waals surface area contributed by atoms with E-state index >= 15 is 0 Å². The van der Waals surface area contributed by atoms with Gasteiger partial charge in [-0.3, -0.25) is 4.79 Å². The molecule has 0 radical (unpaired) electrons. The van der Waals surface area contributed by atoms with Crippen molar-refractivity contribution in [1.82, 2.24) is 4.98 Å². The van der Waals surface area contributed by atoms with E-state index < -0.39 is 0 Å². The summed E-state index contributed by atoms with van der Waals surface area (Å²) in [5, 5.41) is 2.83. The molecule has 23 heavy (non-hydrogen) atoms. The van der Waals surface area contributed by atoms with Crippen LogP contribution in [0, 0.1) is 0 Å². The number of para-hydroxylation sites is 1. The van der Waals surface area contributed by atoms with E-state index in [1.54, 1.807) is 0 Å². The summed E-state index contributed by atoms with van der Waals surface area (Å²) in [6.07, 6.45) is 4.26. The summed E-state index contributed by atoms with van der Waals surface area (Å²) in [4.78, 5) is 18.7. The van der Waals surface area contributed by atoms with E-state index in [0.717, 1.165) is 31.5 Å². The molecule has 3 heterocycles. The lowest BCUT2D eigenvalue weighted by Gasteiger charge is -2.19. The van der Waals surface area contributed by atoms with Crippen LogP contribution in [0.1, 0.15) is 18.4 Å². The van der Waals surface area contributed by atoms with Crippen molar-refractivity contribution < 1.29 is 9.53 Å². The molecule has 1 aromatic heterocycles. The normalized spacial score (nSPS) is 19.7. The van der Waals surface area contributed by atoms with E-state index in [0.29, 0.717) is 12.4 Å². The fourth-order valence-electron chi connectivity index (χ4n) is 3.22. The highest BCUT2D eigenvalue weighted by atomic mass is 16.5. The average molecular weight is 309 g/mol. The number of hydrogen-bond donors (Lipinski definition) is 1. The first-order chi connectivity index (χ1) is 11.3. The van der Waals surface area contributed by atoms with Gasteiger partial charge in [0.1, 0.15) is 11.9 Å². The molecule has 1 atom stereocenters. The Morgan fingerprint density at radius 2 is 2.17 bits per heavy atom. The van der Waals surface area contributed by atoms with E-state index in [-0.39, 0.29) is 12.0 Å². The van der Waals surface area contributed by atoms with Crippen LogP contribution in [-0.4, -0.2) is 30.1 Å². The largest absolute Gasteiger partial charge is 0.368 e. The van der Waals surface area contributed by atoms with Gasteiger partial charge in [-0.1, -0.05) is 18.2 Å². The zero-order valence-corrected chi connectivity index (χ0v) is 12.9. The van der Waals surface area contributed by atoms with Crippen molar-refractivity contribution >= 4 is 23.1 Å². The van der Waals surface area contributed by atoms with Gasteiger partial charge in [0.2, 0.25) is 0 Å². The van der Waals surface area contributed by atoms with Crippen molar-refractivity contribution in [1.29, 1.82) is 0 Å². The standard InChI is InChI=1S/C18H19N3O2/c22-18(16-6-3-11-23-16)20-17-8-7-14(12-19-17)21-10-9-13-4-1-2-5-15(13)21/h1-2,4-5,7-8,12,16H,3,6,9-11H2,(H,19,20,22). The Morgan fingerprint density at radius 1 is 1.26 bits per heavy atom. The maximum atomic E-state index is 12.0. The van der Waals surface area contributed by atoms with Crippen LogP contribution in [0.5, 0.6) is 0 Å². The zero-order chi connectivity index (χ0) is 15.6. The number of carbonyl (C=O) groups excluding carboxylic acids is 1. The summed E-state index contributed by atoms with van der Waals surface area (Å²) < 4.78 is 5.38. The van der Waals surface area contributed by atoms with Crippen LogP contribution in [0.2, 0.25) is 0 Å². The predicted molar refractivity (Wildman–Crippen MR) is 89.0 cm³/mol. The maximum absolute atomic E-state index is 12.0. The smallest absolute Gasteiger partial charge is 0.254 e. The molecule has 1 aromatic carbocycles. The van der Waals surface area contributed by atoms with Gasteiger partial charge in [0, 0.05) is 18.8 Å². The van der Waals surface area contributed by atoms with E-state index in [1.807, 2.05) is 18.3 Å². The average Bonchev–Trinajstić information content (AvgIpc) is 3.25. The Labute approximate surface area is 135 Å². The lowest BCUT2D eigenvalue weighted by Crippen LogP contribution is -2.27. The second-order valence-corrected chi connectivity index (χ2v) is 5.92. The molecule has 0 saturated carbocycles. The number of nitrogens with zero attached hydrogens (tertiary/aromatic N) is 2. The first kappa shape index (κ1) is 14.2. The van der Waals surface area contributed by atoms with Gasteiger partial charge in [0.05, 0.1) is 11.9 Å². The topological polar surface area (TPSA) is 54.5 Å². The molecule has 5 heteroatoms. The highest BCUT2D eigenvalue weighted by Crippen LogP contribution is 2.34. The van der Waals surface area contributed by atoms with Crippen molar-refractivity contribution in [3.05, 3.63) is 48.2 Å². The third-order valence-electron chi connectivity index (χ3n) is 4.42. The number of ether oxygens (including phenoxy) is 1. The third kappa shape index (κ3) is 2.80. The highest BCUT2D eigenvalue weighted by Gasteiger charge is 2.24. The Kier molecular flexibility index (Phi) is 3.71. The van der Waals surface area contributed by atoms with Gasteiger partial charge in [0.15, 0.2) is 0 Å². The van der Waals surface area contributed by atoms with Crippen LogP contribution >= 0.6 is 0 Å². The van der Waals surface area contributed by atoms with Gasteiger partial charge in [0.25, 0.3) is 5.91 Å². The SMILES string of the molecule is O=C(Nc1ccc(N2CCc3ccccc32)cn1)C1CCCO1. The number of hydrogen-bond acceptors (Lipinski definition) is 4. The number of benzene rings is 1. The third-order valence-corrected chi connectivity index (χ3v) is 4.42. The Balaban J connectivity index is 1.47. The monoisotopic (exact) mass is 309 g/mol. The van der Waals surface area contributed by atoms with E-state index in [4.69, 9.17) is 4.74 Å². The zero-order valence-electron chi connectivity index (χ0n) is 12.9. The summed E-state index contributed by atoms with van der Waals surface area (Å²) in [6.45, 7) is 1.63. The van der Waals surface area contributed by atoms with Gasteiger partial charge in [-0.2, -0.15) is 0 Å². The molecule has 1 amide bonds. The molecule has 0 spiro atoms.